The summed E-state index contributed by atoms with van der Waals surface area (Å²) in [4.78, 5) is 72.1. The molecule has 0 spiro atoms. The number of hydrogen-bond donors (Lipinski definition) is 7. The first kappa shape index (κ1) is 32.4. The van der Waals surface area contributed by atoms with Crippen molar-refractivity contribution >= 4 is 29.9 Å². The van der Waals surface area contributed by atoms with Gasteiger partial charge in [-0.15, -0.1) is 0 Å². The minimum Gasteiger partial charge on any atom is -0.481 e. The van der Waals surface area contributed by atoms with E-state index in [-0.39, 0.29) is 43.4 Å². The zero-order valence-corrected chi connectivity index (χ0v) is 26.2. The molecule has 0 bridgehead atoms. The van der Waals surface area contributed by atoms with Gasteiger partial charge >= 0.3 is 11.9 Å². The van der Waals surface area contributed by atoms with E-state index in [2.05, 4.69) is 26.8 Å². The summed E-state index contributed by atoms with van der Waals surface area (Å²) in [6.07, 6.45) is 3.08. The van der Waals surface area contributed by atoms with Crippen LogP contribution in [0.3, 0.4) is 0 Å². The standard InChI is InChI=1S/C34H38N4O8/c1-6-18-14(2)22(38-33(18)44)11-21-16(4)20(7-8-26(41)42)30(36-21)28-29(34(45)46)32(43)27-17(5)23(37-31(27)28)12-24-19(9-10-39)15(3)25(13-40)35-24/h6,13,22,28-29,35-37,39H,1,7-12H2,2-5H3,(H,38,44)(H,41,42)(H,45,46). The van der Waals surface area contributed by atoms with Crippen LogP contribution >= 0.6 is 0 Å². The molecule has 5 rings (SSSR count). The minimum absolute atomic E-state index is 0.108. The highest BCUT2D eigenvalue weighted by molar-refractivity contribution is 6.14. The van der Waals surface area contributed by atoms with Crippen LogP contribution in [0.1, 0.15) is 96.4 Å². The van der Waals surface area contributed by atoms with Gasteiger partial charge in [-0.2, -0.15) is 0 Å². The number of aromatic amines is 3. The lowest BCUT2D eigenvalue weighted by Crippen LogP contribution is -2.30. The molecule has 1 amide bonds. The molecule has 3 aromatic heterocycles. The van der Waals surface area contributed by atoms with Crippen molar-refractivity contribution in [1.82, 2.24) is 20.3 Å². The number of aliphatic hydroxyl groups excluding tert-OH is 1. The first-order chi connectivity index (χ1) is 21.8. The number of rotatable bonds is 13. The lowest BCUT2D eigenvalue weighted by molar-refractivity contribution is -0.140. The molecule has 0 fully saturated rings. The van der Waals surface area contributed by atoms with Crippen molar-refractivity contribution in [3.05, 3.63) is 91.3 Å². The summed E-state index contributed by atoms with van der Waals surface area (Å²) in [5.41, 5.74) is 8.43. The fraction of sp³-hybridized carbons (Fsp3) is 0.382. The van der Waals surface area contributed by atoms with Crippen molar-refractivity contribution in [3.8, 4) is 0 Å². The number of carbonyl (C=O) groups excluding carboxylic acids is 3. The molecule has 1 aliphatic heterocycles. The normalized spacial score (nSPS) is 19.1. The lowest BCUT2D eigenvalue weighted by atomic mass is 9.87. The summed E-state index contributed by atoms with van der Waals surface area (Å²) in [6.45, 7) is 10.8. The van der Waals surface area contributed by atoms with Gasteiger partial charge < -0.3 is 35.6 Å². The van der Waals surface area contributed by atoms with Gasteiger partial charge in [0, 0.05) is 65.5 Å². The summed E-state index contributed by atoms with van der Waals surface area (Å²) in [5.74, 6) is -5.49. The number of carboxylic acids is 2. The van der Waals surface area contributed by atoms with E-state index in [1.54, 1.807) is 13.8 Å². The second-order valence-corrected chi connectivity index (χ2v) is 12.1. The van der Waals surface area contributed by atoms with E-state index in [1.165, 1.54) is 6.08 Å². The number of ketones is 1. The monoisotopic (exact) mass is 630 g/mol. The van der Waals surface area contributed by atoms with E-state index >= 15 is 0 Å². The van der Waals surface area contributed by atoms with Crippen LogP contribution in [-0.2, 0) is 40.1 Å². The third kappa shape index (κ3) is 5.32. The van der Waals surface area contributed by atoms with Crippen molar-refractivity contribution in [1.29, 1.82) is 0 Å². The van der Waals surface area contributed by atoms with Gasteiger partial charge in [-0.05, 0) is 73.9 Å². The number of aromatic nitrogens is 3. The number of carboxylic acid groups (broad SMARTS) is 2. The maximum atomic E-state index is 13.8. The largest absolute Gasteiger partial charge is 0.481 e. The Balaban J connectivity index is 1.62. The highest BCUT2D eigenvalue weighted by Gasteiger charge is 2.49. The molecule has 242 valence electrons. The number of nitrogens with one attached hydrogen (secondary N) is 4. The number of aldehydes is 1. The van der Waals surface area contributed by atoms with Crippen molar-refractivity contribution in [2.24, 2.45) is 5.92 Å². The van der Waals surface area contributed by atoms with E-state index in [9.17, 15) is 39.3 Å². The molecule has 0 saturated carbocycles. The second kappa shape index (κ2) is 12.4. The highest BCUT2D eigenvalue weighted by atomic mass is 16.4. The Morgan fingerprint density at radius 2 is 1.59 bits per heavy atom. The van der Waals surface area contributed by atoms with Gasteiger partial charge in [-0.25, -0.2) is 0 Å². The zero-order chi connectivity index (χ0) is 33.6. The minimum atomic E-state index is -1.44. The van der Waals surface area contributed by atoms with Gasteiger partial charge in [0.05, 0.1) is 17.7 Å². The topological polar surface area (TPSA) is 205 Å². The van der Waals surface area contributed by atoms with Gasteiger partial charge in [-0.3, -0.25) is 24.0 Å². The number of fused-ring (bicyclic) bond motifs is 1. The van der Waals surface area contributed by atoms with Crippen molar-refractivity contribution in [2.75, 3.05) is 6.61 Å². The number of aliphatic carboxylic acids is 2. The summed E-state index contributed by atoms with van der Waals surface area (Å²) >= 11 is 0. The Bertz CT molecular complexity index is 1830. The zero-order valence-electron chi connectivity index (χ0n) is 26.2. The van der Waals surface area contributed by atoms with Crippen LogP contribution in [0, 0.1) is 26.7 Å². The molecular formula is C34H38N4O8. The molecule has 3 atom stereocenters. The number of H-pyrrole nitrogens is 3. The molecule has 4 heterocycles. The van der Waals surface area contributed by atoms with Gasteiger partial charge in [0.1, 0.15) is 5.92 Å². The van der Waals surface area contributed by atoms with E-state index in [0.29, 0.717) is 70.0 Å². The highest BCUT2D eigenvalue weighted by Crippen LogP contribution is 2.46. The van der Waals surface area contributed by atoms with Gasteiger partial charge in [0.15, 0.2) is 12.1 Å². The molecule has 0 aromatic carbocycles. The van der Waals surface area contributed by atoms with Crippen molar-refractivity contribution in [3.63, 3.8) is 0 Å². The van der Waals surface area contributed by atoms with Crippen molar-refractivity contribution < 1.29 is 39.3 Å². The quantitative estimate of drug-likeness (QED) is 0.110. The predicted octanol–water partition coefficient (Wildman–Crippen LogP) is 3.12. The van der Waals surface area contributed by atoms with E-state index in [1.807, 2.05) is 13.8 Å². The number of aliphatic hydroxyl groups is 1. The molecule has 7 N–H and O–H groups in total. The molecule has 12 nitrogen and oxygen atoms in total. The van der Waals surface area contributed by atoms with Gasteiger partial charge in [0.2, 0.25) is 0 Å². The van der Waals surface area contributed by atoms with Gasteiger partial charge in [0.25, 0.3) is 5.91 Å². The van der Waals surface area contributed by atoms with E-state index < -0.39 is 29.6 Å². The molecule has 1 aliphatic carbocycles. The summed E-state index contributed by atoms with van der Waals surface area (Å²) in [7, 11) is 0. The van der Waals surface area contributed by atoms with Gasteiger partial charge in [-0.1, -0.05) is 12.7 Å². The Morgan fingerprint density at radius 3 is 2.17 bits per heavy atom. The van der Waals surface area contributed by atoms with Crippen LogP contribution in [0.4, 0.5) is 0 Å². The van der Waals surface area contributed by atoms with E-state index in [0.717, 1.165) is 22.3 Å². The lowest BCUT2D eigenvalue weighted by Gasteiger charge is -2.18. The molecule has 0 radical (unpaired) electrons. The fourth-order valence-electron chi connectivity index (χ4n) is 7.17. The maximum absolute atomic E-state index is 13.8. The third-order valence-electron chi connectivity index (χ3n) is 9.69. The van der Waals surface area contributed by atoms with Crippen LogP contribution in [0.2, 0.25) is 0 Å². The number of Topliss-reactive ketones (excluding diaryl/α,β-unsaturated/α-hetero) is 1. The SMILES string of the molecule is C=CC1=C(C)C(Cc2[nH]c(C3c4[nH]c(Cc5[nH]c(C=O)c(C)c5CCO)c(C)c4C(=O)C3C(=O)O)c(CCC(=O)O)c2C)NC1=O. The number of amides is 1. The molecule has 12 heteroatoms. The second-order valence-electron chi connectivity index (χ2n) is 12.1. The summed E-state index contributed by atoms with van der Waals surface area (Å²) in [5, 5.41) is 32.4. The Kier molecular flexibility index (Phi) is 8.76. The molecule has 2 aliphatic rings. The first-order valence-corrected chi connectivity index (χ1v) is 15.1. The number of hydrogen-bond acceptors (Lipinski definition) is 6. The number of carbonyl (C=O) groups is 5. The average Bonchev–Trinajstić information content (AvgIpc) is 3.73. The van der Waals surface area contributed by atoms with Crippen LogP contribution < -0.4 is 5.32 Å². The molecule has 3 aromatic rings. The fourth-order valence-corrected chi connectivity index (χ4v) is 7.17. The van der Waals surface area contributed by atoms with E-state index in [4.69, 9.17) is 0 Å². The maximum Gasteiger partial charge on any atom is 0.315 e. The smallest absolute Gasteiger partial charge is 0.315 e. The van der Waals surface area contributed by atoms with Crippen LogP contribution in [0.15, 0.2) is 23.8 Å². The summed E-state index contributed by atoms with van der Waals surface area (Å²) in [6, 6.07) is -0.345. The van der Waals surface area contributed by atoms with Crippen LogP contribution in [0.5, 0.6) is 0 Å². The first-order valence-electron chi connectivity index (χ1n) is 15.1. The van der Waals surface area contributed by atoms with Crippen LogP contribution in [0.25, 0.3) is 0 Å². The Morgan fingerprint density at radius 1 is 0.891 bits per heavy atom. The van der Waals surface area contributed by atoms with Crippen LogP contribution in [-0.4, -0.2) is 72.8 Å². The van der Waals surface area contributed by atoms with Crippen molar-refractivity contribution in [2.45, 2.75) is 71.8 Å². The Labute approximate surface area is 265 Å². The molecule has 0 saturated heterocycles. The molecule has 46 heavy (non-hydrogen) atoms. The Hall–Kier alpha value is -4.97. The molecule has 3 unspecified atom stereocenters. The third-order valence-corrected chi connectivity index (χ3v) is 9.69. The predicted molar refractivity (Wildman–Crippen MR) is 167 cm³/mol. The summed E-state index contributed by atoms with van der Waals surface area (Å²) < 4.78 is 0. The average molecular weight is 631 g/mol. The molecular weight excluding hydrogens is 592 g/mol.